The van der Waals surface area contributed by atoms with E-state index in [4.69, 9.17) is 5.73 Å². The van der Waals surface area contributed by atoms with Gasteiger partial charge >= 0.3 is 0 Å². The van der Waals surface area contributed by atoms with Crippen LogP contribution in [0.4, 0.5) is 11.4 Å². The van der Waals surface area contributed by atoms with Gasteiger partial charge in [-0.15, -0.1) is 0 Å². The molecule has 2 N–H and O–H groups in total. The number of nitrogens with zero attached hydrogens (tertiary/aromatic N) is 1. The standard InChI is InChI=1S/C16H20N2/c1-12-6-4-8-15(10-12)18(3)11-14-7-5-9-16(17)13(14)2/h4-10H,11,17H2,1-3H3. The molecule has 0 aliphatic rings. The Morgan fingerprint density at radius 2 is 1.78 bits per heavy atom. The molecular formula is C16H20N2. The lowest BCUT2D eigenvalue weighted by Crippen LogP contribution is -2.17. The van der Waals surface area contributed by atoms with Crippen LogP contribution in [0.15, 0.2) is 42.5 Å². The molecule has 0 amide bonds. The Labute approximate surface area is 109 Å². The Morgan fingerprint density at radius 1 is 1.06 bits per heavy atom. The number of rotatable bonds is 3. The van der Waals surface area contributed by atoms with Crippen molar-refractivity contribution < 1.29 is 0 Å². The predicted octanol–water partition coefficient (Wildman–Crippen LogP) is 3.52. The highest BCUT2D eigenvalue weighted by Crippen LogP contribution is 2.21. The molecule has 2 aromatic rings. The van der Waals surface area contributed by atoms with Gasteiger partial charge in [0.15, 0.2) is 0 Å². The second kappa shape index (κ2) is 5.13. The van der Waals surface area contributed by atoms with E-state index in [1.807, 2.05) is 12.1 Å². The van der Waals surface area contributed by atoms with Crippen molar-refractivity contribution in [1.82, 2.24) is 0 Å². The molecule has 0 radical (unpaired) electrons. The average molecular weight is 240 g/mol. The van der Waals surface area contributed by atoms with E-state index in [1.54, 1.807) is 0 Å². The fraction of sp³-hybridized carbons (Fsp3) is 0.250. The molecule has 0 atom stereocenters. The number of nitrogen functional groups attached to an aromatic ring is 1. The van der Waals surface area contributed by atoms with Crippen molar-refractivity contribution in [2.45, 2.75) is 20.4 Å². The Kier molecular flexibility index (Phi) is 3.56. The summed E-state index contributed by atoms with van der Waals surface area (Å²) in [7, 11) is 2.11. The summed E-state index contributed by atoms with van der Waals surface area (Å²) in [6.07, 6.45) is 0. The minimum atomic E-state index is 0.866. The number of hydrogen-bond donors (Lipinski definition) is 1. The zero-order valence-corrected chi connectivity index (χ0v) is 11.3. The molecule has 2 heteroatoms. The summed E-state index contributed by atoms with van der Waals surface area (Å²) in [5.74, 6) is 0. The van der Waals surface area contributed by atoms with Crippen LogP contribution in [-0.4, -0.2) is 7.05 Å². The molecule has 0 heterocycles. The molecule has 18 heavy (non-hydrogen) atoms. The van der Waals surface area contributed by atoms with Gasteiger partial charge in [-0.25, -0.2) is 0 Å². The van der Waals surface area contributed by atoms with Crippen LogP contribution in [0.3, 0.4) is 0 Å². The molecule has 0 saturated carbocycles. The van der Waals surface area contributed by atoms with Crippen LogP contribution < -0.4 is 10.6 Å². The summed E-state index contributed by atoms with van der Waals surface area (Å²) < 4.78 is 0. The maximum atomic E-state index is 5.94. The van der Waals surface area contributed by atoms with Gasteiger partial charge in [0.1, 0.15) is 0 Å². The third-order valence-electron chi connectivity index (χ3n) is 3.34. The van der Waals surface area contributed by atoms with E-state index in [-0.39, 0.29) is 0 Å². The van der Waals surface area contributed by atoms with Crippen molar-refractivity contribution >= 4 is 11.4 Å². The van der Waals surface area contributed by atoms with Gasteiger partial charge in [-0.2, -0.15) is 0 Å². The molecular weight excluding hydrogens is 220 g/mol. The van der Waals surface area contributed by atoms with Crippen molar-refractivity contribution in [3.05, 3.63) is 59.2 Å². The van der Waals surface area contributed by atoms with Crippen LogP contribution in [0, 0.1) is 13.8 Å². The van der Waals surface area contributed by atoms with Gasteiger partial charge in [0.05, 0.1) is 0 Å². The van der Waals surface area contributed by atoms with Gasteiger partial charge in [0.25, 0.3) is 0 Å². The fourth-order valence-corrected chi connectivity index (χ4v) is 2.09. The van der Waals surface area contributed by atoms with Gasteiger partial charge < -0.3 is 10.6 Å². The molecule has 0 bridgehead atoms. The Balaban J connectivity index is 2.21. The van der Waals surface area contributed by atoms with Crippen LogP contribution in [-0.2, 0) is 6.54 Å². The molecule has 2 nitrogen and oxygen atoms in total. The lowest BCUT2D eigenvalue weighted by atomic mass is 10.1. The third kappa shape index (κ3) is 2.65. The van der Waals surface area contributed by atoms with Crippen molar-refractivity contribution in [2.24, 2.45) is 0 Å². The largest absolute Gasteiger partial charge is 0.399 e. The summed E-state index contributed by atoms with van der Waals surface area (Å²) in [4.78, 5) is 2.24. The lowest BCUT2D eigenvalue weighted by molar-refractivity contribution is 0.914. The van der Waals surface area contributed by atoms with E-state index in [0.717, 1.165) is 12.2 Å². The van der Waals surface area contributed by atoms with Crippen molar-refractivity contribution in [3.63, 3.8) is 0 Å². The number of anilines is 2. The van der Waals surface area contributed by atoms with Gasteiger partial charge in [-0.1, -0.05) is 24.3 Å². The first-order chi connectivity index (χ1) is 8.58. The summed E-state index contributed by atoms with van der Waals surface area (Å²) in [5.41, 5.74) is 11.8. The first-order valence-electron chi connectivity index (χ1n) is 6.19. The highest BCUT2D eigenvalue weighted by molar-refractivity contribution is 5.53. The number of aryl methyl sites for hydroxylation is 1. The van der Waals surface area contributed by atoms with Gasteiger partial charge in [-0.05, 0) is 48.7 Å². The quantitative estimate of drug-likeness (QED) is 0.832. The number of hydrogen-bond acceptors (Lipinski definition) is 2. The average Bonchev–Trinajstić information content (AvgIpc) is 2.35. The molecule has 0 saturated heterocycles. The summed E-state index contributed by atoms with van der Waals surface area (Å²) in [6.45, 7) is 5.07. The zero-order chi connectivity index (χ0) is 13.1. The highest BCUT2D eigenvalue weighted by atomic mass is 15.1. The number of nitrogens with two attached hydrogens (primary N) is 1. The van der Waals surface area contributed by atoms with Crippen LogP contribution in [0.25, 0.3) is 0 Å². The minimum absolute atomic E-state index is 0.866. The monoisotopic (exact) mass is 240 g/mol. The molecule has 0 aliphatic carbocycles. The van der Waals surface area contributed by atoms with Crippen LogP contribution >= 0.6 is 0 Å². The topological polar surface area (TPSA) is 29.3 Å². The Bertz CT molecular complexity index is 547. The Hall–Kier alpha value is -1.96. The SMILES string of the molecule is Cc1cccc(N(C)Cc2cccc(N)c2C)c1. The molecule has 94 valence electrons. The van der Waals surface area contributed by atoms with Crippen molar-refractivity contribution in [2.75, 3.05) is 17.7 Å². The summed E-state index contributed by atoms with van der Waals surface area (Å²) in [5, 5.41) is 0. The van der Waals surface area contributed by atoms with E-state index in [0.29, 0.717) is 0 Å². The smallest absolute Gasteiger partial charge is 0.0429 e. The number of benzene rings is 2. The predicted molar refractivity (Wildman–Crippen MR) is 78.9 cm³/mol. The van der Waals surface area contributed by atoms with E-state index in [2.05, 4.69) is 56.1 Å². The van der Waals surface area contributed by atoms with Gasteiger partial charge in [-0.3, -0.25) is 0 Å². The molecule has 0 spiro atoms. The molecule has 2 rings (SSSR count). The highest BCUT2D eigenvalue weighted by Gasteiger charge is 2.06. The molecule has 0 aliphatic heterocycles. The summed E-state index contributed by atoms with van der Waals surface area (Å²) >= 11 is 0. The lowest BCUT2D eigenvalue weighted by Gasteiger charge is -2.21. The second-order valence-electron chi connectivity index (χ2n) is 4.83. The van der Waals surface area contributed by atoms with E-state index < -0.39 is 0 Å². The summed E-state index contributed by atoms with van der Waals surface area (Å²) in [6, 6.07) is 14.6. The molecule has 0 unspecified atom stereocenters. The van der Waals surface area contributed by atoms with Gasteiger partial charge in [0, 0.05) is 25.0 Å². The van der Waals surface area contributed by atoms with Gasteiger partial charge in [0.2, 0.25) is 0 Å². The first kappa shape index (κ1) is 12.5. The maximum Gasteiger partial charge on any atom is 0.0429 e. The van der Waals surface area contributed by atoms with E-state index in [9.17, 15) is 0 Å². The van der Waals surface area contributed by atoms with Crippen LogP contribution in [0.2, 0.25) is 0 Å². The molecule has 0 aromatic heterocycles. The van der Waals surface area contributed by atoms with E-state index >= 15 is 0 Å². The second-order valence-corrected chi connectivity index (χ2v) is 4.83. The molecule has 0 fully saturated rings. The van der Waals surface area contributed by atoms with Crippen LogP contribution in [0.5, 0.6) is 0 Å². The van der Waals surface area contributed by atoms with Crippen molar-refractivity contribution in [3.8, 4) is 0 Å². The fourth-order valence-electron chi connectivity index (χ4n) is 2.09. The molecule has 2 aromatic carbocycles. The zero-order valence-electron chi connectivity index (χ0n) is 11.3. The minimum Gasteiger partial charge on any atom is -0.399 e. The van der Waals surface area contributed by atoms with Crippen molar-refractivity contribution in [1.29, 1.82) is 0 Å². The maximum absolute atomic E-state index is 5.94. The Morgan fingerprint density at radius 3 is 2.50 bits per heavy atom. The normalized spacial score (nSPS) is 10.4. The van der Waals surface area contributed by atoms with Crippen LogP contribution in [0.1, 0.15) is 16.7 Å². The first-order valence-corrected chi connectivity index (χ1v) is 6.19. The third-order valence-corrected chi connectivity index (χ3v) is 3.34. The van der Waals surface area contributed by atoms with E-state index in [1.165, 1.54) is 22.4 Å².